The van der Waals surface area contributed by atoms with Crippen LogP contribution in [-0.2, 0) is 11.3 Å². The van der Waals surface area contributed by atoms with Crippen LogP contribution in [0.25, 0.3) is 4.96 Å². The largest absolute Gasteiger partial charge is 0.480 e. The van der Waals surface area contributed by atoms with Crippen LogP contribution in [-0.4, -0.2) is 63.0 Å². The Bertz CT molecular complexity index is 543. The van der Waals surface area contributed by atoms with E-state index in [1.807, 2.05) is 20.9 Å². The van der Waals surface area contributed by atoms with E-state index in [-0.39, 0.29) is 6.54 Å². The third kappa shape index (κ3) is 2.94. The zero-order valence-electron chi connectivity index (χ0n) is 10.5. The lowest BCUT2D eigenvalue weighted by molar-refractivity contribution is -0.138. The summed E-state index contributed by atoms with van der Waals surface area (Å²) in [4.78, 5) is 20.5. The first kappa shape index (κ1) is 12.6. The minimum Gasteiger partial charge on any atom is -0.480 e. The molecular weight excluding hydrogens is 264 g/mol. The average molecular weight is 280 g/mol. The third-order valence-corrected chi connectivity index (χ3v) is 4.12. The number of carbonyl (C=O) groups is 1. The molecule has 102 valence electrons. The van der Waals surface area contributed by atoms with Crippen molar-refractivity contribution >= 4 is 22.3 Å². The topological polar surface area (TPSA) is 61.1 Å². The summed E-state index contributed by atoms with van der Waals surface area (Å²) < 4.78 is 2.04. The summed E-state index contributed by atoms with van der Waals surface area (Å²) in [5.41, 5.74) is 1.08. The molecule has 0 saturated carbocycles. The van der Waals surface area contributed by atoms with Gasteiger partial charge < -0.3 is 5.11 Å². The number of fused-ring (bicyclic) bond motifs is 1. The molecule has 1 N–H and O–H groups in total. The van der Waals surface area contributed by atoms with Crippen molar-refractivity contribution in [2.45, 2.75) is 6.54 Å². The van der Waals surface area contributed by atoms with Crippen LogP contribution in [0.1, 0.15) is 5.69 Å². The molecule has 1 fully saturated rings. The third-order valence-electron chi connectivity index (χ3n) is 3.35. The Morgan fingerprint density at radius 3 is 2.74 bits per heavy atom. The second-order valence-electron chi connectivity index (χ2n) is 4.77. The van der Waals surface area contributed by atoms with E-state index in [1.54, 1.807) is 11.3 Å². The number of hydrogen-bond donors (Lipinski definition) is 1. The molecule has 6 nitrogen and oxygen atoms in total. The van der Waals surface area contributed by atoms with Gasteiger partial charge in [-0.2, -0.15) is 0 Å². The van der Waals surface area contributed by atoms with Crippen molar-refractivity contribution in [2.75, 3.05) is 32.7 Å². The number of piperazine rings is 1. The molecule has 1 saturated heterocycles. The van der Waals surface area contributed by atoms with Gasteiger partial charge in [0.15, 0.2) is 4.96 Å². The summed E-state index contributed by atoms with van der Waals surface area (Å²) in [6.07, 6.45) is 4.08. The predicted octanol–water partition coefficient (Wildman–Crippen LogP) is 0.598. The maximum atomic E-state index is 10.6. The van der Waals surface area contributed by atoms with Gasteiger partial charge in [-0.1, -0.05) is 0 Å². The molecule has 0 unspecified atom stereocenters. The highest BCUT2D eigenvalue weighted by Crippen LogP contribution is 2.13. The lowest BCUT2D eigenvalue weighted by Gasteiger charge is -2.33. The van der Waals surface area contributed by atoms with Gasteiger partial charge in [0.2, 0.25) is 0 Å². The molecule has 0 atom stereocenters. The van der Waals surface area contributed by atoms with E-state index in [0.29, 0.717) is 0 Å². The number of aromatic nitrogens is 2. The number of imidazole rings is 1. The van der Waals surface area contributed by atoms with Gasteiger partial charge in [0, 0.05) is 50.5 Å². The molecule has 0 amide bonds. The second kappa shape index (κ2) is 5.28. The Labute approximate surface area is 114 Å². The van der Waals surface area contributed by atoms with Crippen molar-refractivity contribution in [3.63, 3.8) is 0 Å². The molecule has 0 radical (unpaired) electrons. The van der Waals surface area contributed by atoms with Gasteiger partial charge in [-0.05, 0) is 0 Å². The number of thiazole rings is 1. The fraction of sp³-hybridized carbons (Fsp3) is 0.500. The normalized spacial score (nSPS) is 18.1. The van der Waals surface area contributed by atoms with Crippen molar-refractivity contribution in [3.8, 4) is 0 Å². The van der Waals surface area contributed by atoms with Crippen molar-refractivity contribution < 1.29 is 9.90 Å². The molecule has 0 aliphatic carbocycles. The van der Waals surface area contributed by atoms with Gasteiger partial charge in [0.1, 0.15) is 0 Å². The van der Waals surface area contributed by atoms with E-state index in [9.17, 15) is 4.79 Å². The van der Waals surface area contributed by atoms with Gasteiger partial charge in [-0.25, -0.2) is 4.98 Å². The second-order valence-corrected chi connectivity index (χ2v) is 5.64. The molecule has 3 rings (SSSR count). The van der Waals surface area contributed by atoms with Gasteiger partial charge in [-0.15, -0.1) is 11.3 Å². The summed E-state index contributed by atoms with van der Waals surface area (Å²) in [5.74, 6) is -0.747. The fourth-order valence-corrected chi connectivity index (χ4v) is 3.10. The lowest BCUT2D eigenvalue weighted by Crippen LogP contribution is -2.47. The quantitative estimate of drug-likeness (QED) is 0.888. The van der Waals surface area contributed by atoms with E-state index in [1.165, 1.54) is 0 Å². The Balaban J connectivity index is 1.54. The van der Waals surface area contributed by atoms with Crippen LogP contribution >= 0.6 is 11.3 Å². The van der Waals surface area contributed by atoms with Crippen LogP contribution in [0.4, 0.5) is 0 Å². The van der Waals surface area contributed by atoms with Crippen LogP contribution in [0.15, 0.2) is 17.8 Å². The van der Waals surface area contributed by atoms with E-state index in [0.717, 1.165) is 43.4 Å². The van der Waals surface area contributed by atoms with Crippen molar-refractivity contribution in [2.24, 2.45) is 0 Å². The molecule has 19 heavy (non-hydrogen) atoms. The molecule has 3 heterocycles. The summed E-state index contributed by atoms with van der Waals surface area (Å²) >= 11 is 1.64. The number of rotatable bonds is 4. The Hall–Kier alpha value is -1.44. The Morgan fingerprint density at radius 2 is 2.05 bits per heavy atom. The number of carboxylic acids is 1. The maximum Gasteiger partial charge on any atom is 0.317 e. The zero-order chi connectivity index (χ0) is 13.2. The number of carboxylic acid groups (broad SMARTS) is 1. The number of hydrogen-bond acceptors (Lipinski definition) is 5. The van der Waals surface area contributed by atoms with E-state index < -0.39 is 5.97 Å². The SMILES string of the molecule is O=C(O)CN1CCN(Cc2cn3ccsc3n2)CC1. The molecule has 1 aliphatic rings. The van der Waals surface area contributed by atoms with Gasteiger partial charge >= 0.3 is 5.97 Å². The Morgan fingerprint density at radius 1 is 1.32 bits per heavy atom. The van der Waals surface area contributed by atoms with Crippen LogP contribution in [0, 0.1) is 0 Å². The molecule has 7 heteroatoms. The monoisotopic (exact) mass is 280 g/mol. The summed E-state index contributed by atoms with van der Waals surface area (Å²) in [6.45, 7) is 4.42. The van der Waals surface area contributed by atoms with Crippen molar-refractivity contribution in [3.05, 3.63) is 23.5 Å². The molecule has 2 aromatic rings. The summed E-state index contributed by atoms with van der Waals surface area (Å²) in [6, 6.07) is 0. The highest BCUT2D eigenvalue weighted by Gasteiger charge is 2.19. The predicted molar refractivity (Wildman–Crippen MR) is 72.4 cm³/mol. The van der Waals surface area contributed by atoms with Gasteiger partial charge in [-0.3, -0.25) is 19.0 Å². The van der Waals surface area contributed by atoms with Gasteiger partial charge in [0.05, 0.1) is 12.2 Å². The van der Waals surface area contributed by atoms with Crippen molar-refractivity contribution in [1.82, 2.24) is 19.2 Å². The number of nitrogens with zero attached hydrogens (tertiary/aromatic N) is 4. The molecule has 0 bridgehead atoms. The summed E-state index contributed by atoms with van der Waals surface area (Å²) in [5, 5.41) is 10.8. The molecule has 0 aromatic carbocycles. The number of aliphatic carboxylic acids is 1. The first-order valence-electron chi connectivity index (χ1n) is 6.28. The van der Waals surface area contributed by atoms with E-state index >= 15 is 0 Å². The first-order chi connectivity index (χ1) is 9.20. The highest BCUT2D eigenvalue weighted by molar-refractivity contribution is 7.15. The van der Waals surface area contributed by atoms with Crippen LogP contribution < -0.4 is 0 Å². The molecule has 1 aliphatic heterocycles. The molecule has 2 aromatic heterocycles. The fourth-order valence-electron chi connectivity index (χ4n) is 2.38. The van der Waals surface area contributed by atoms with Crippen LogP contribution in [0.2, 0.25) is 0 Å². The smallest absolute Gasteiger partial charge is 0.317 e. The van der Waals surface area contributed by atoms with Crippen molar-refractivity contribution in [1.29, 1.82) is 0 Å². The molecule has 0 spiro atoms. The van der Waals surface area contributed by atoms with Gasteiger partial charge in [0.25, 0.3) is 0 Å². The first-order valence-corrected chi connectivity index (χ1v) is 7.16. The summed E-state index contributed by atoms with van der Waals surface area (Å²) in [7, 11) is 0. The standard InChI is InChI=1S/C12H16N4O2S/c17-11(18)9-15-3-1-14(2-4-15)7-10-8-16-5-6-19-12(16)13-10/h5-6,8H,1-4,7,9H2,(H,17,18). The van der Waals surface area contributed by atoms with Crippen LogP contribution in [0.5, 0.6) is 0 Å². The average Bonchev–Trinajstić information content (AvgIpc) is 2.91. The highest BCUT2D eigenvalue weighted by atomic mass is 32.1. The lowest BCUT2D eigenvalue weighted by atomic mass is 10.3. The maximum absolute atomic E-state index is 10.6. The molecular formula is C12H16N4O2S. The minimum absolute atomic E-state index is 0.147. The minimum atomic E-state index is -0.747. The zero-order valence-corrected chi connectivity index (χ0v) is 11.3. The van der Waals surface area contributed by atoms with Crippen LogP contribution in [0.3, 0.4) is 0 Å². The van der Waals surface area contributed by atoms with E-state index in [4.69, 9.17) is 5.11 Å². The Kier molecular flexibility index (Phi) is 3.50. The van der Waals surface area contributed by atoms with E-state index in [2.05, 4.69) is 16.1 Å².